The quantitative estimate of drug-likeness (QED) is 0.811. The van der Waals surface area contributed by atoms with Crippen LogP contribution in [-0.4, -0.2) is 26.8 Å². The third-order valence-electron chi connectivity index (χ3n) is 2.36. The van der Waals surface area contributed by atoms with Gasteiger partial charge in [-0.25, -0.2) is 0 Å². The number of nitriles is 1. The molecule has 0 fully saturated rings. The van der Waals surface area contributed by atoms with Crippen molar-refractivity contribution in [3.05, 3.63) is 59.7 Å². The summed E-state index contributed by atoms with van der Waals surface area (Å²) < 4.78 is 2.49. The number of hydrogen-bond acceptors (Lipinski definition) is 2. The average Bonchev–Trinajstić information content (AvgIpc) is 2.40. The molecule has 1 amide bonds. The van der Waals surface area contributed by atoms with E-state index in [1.54, 1.807) is 12.1 Å². The van der Waals surface area contributed by atoms with Crippen molar-refractivity contribution in [3.8, 4) is 6.07 Å². The molecule has 0 aromatic heterocycles. The monoisotopic (exact) mass is 352 g/mol. The Balaban J connectivity index is 2.13. The van der Waals surface area contributed by atoms with Crippen LogP contribution in [0, 0.1) is 11.3 Å². The second-order valence-corrected chi connectivity index (χ2v) is 6.90. The van der Waals surface area contributed by atoms with Crippen molar-refractivity contribution in [3.63, 3.8) is 0 Å². The summed E-state index contributed by atoms with van der Waals surface area (Å²) in [4.78, 5) is 10.9. The van der Waals surface area contributed by atoms with Crippen LogP contribution in [0.4, 0.5) is 0 Å². The molecule has 0 saturated heterocycles. The van der Waals surface area contributed by atoms with E-state index in [1.807, 2.05) is 36.4 Å². The van der Waals surface area contributed by atoms with Crippen molar-refractivity contribution in [2.45, 2.75) is 0 Å². The van der Waals surface area contributed by atoms with E-state index < -0.39 is 26.8 Å². The number of primary amides is 1. The van der Waals surface area contributed by atoms with E-state index in [2.05, 4.69) is 6.07 Å². The van der Waals surface area contributed by atoms with Crippen molar-refractivity contribution >= 4 is 34.1 Å². The number of rotatable bonds is 3. The number of nitrogens with two attached hydrogens (primary N) is 1. The Morgan fingerprint density at radius 1 is 1.00 bits per heavy atom. The van der Waals surface area contributed by atoms with Crippen LogP contribution >= 0.6 is 0 Å². The van der Waals surface area contributed by atoms with Gasteiger partial charge in [0.2, 0.25) is 0 Å². The molecule has 0 radical (unpaired) electrons. The van der Waals surface area contributed by atoms with Crippen LogP contribution in [0.2, 0.25) is 0 Å². The fourth-order valence-electron chi connectivity index (χ4n) is 1.42. The molecule has 0 unspecified atom stereocenters. The van der Waals surface area contributed by atoms with Crippen LogP contribution in [-0.2, 0) is 0 Å². The van der Waals surface area contributed by atoms with Gasteiger partial charge in [0.15, 0.2) is 0 Å². The van der Waals surface area contributed by atoms with Gasteiger partial charge in [0.1, 0.15) is 0 Å². The standard InChI is InChI=1S/C14H10N2OTe/c15-9-10-1-5-12(6-2-10)18-13-7-3-11(4-8-13)14(16)17/h1-8H,(H2,16,17). The molecule has 2 aromatic carbocycles. The van der Waals surface area contributed by atoms with Gasteiger partial charge in [0.25, 0.3) is 0 Å². The molecule has 0 spiro atoms. The maximum atomic E-state index is 10.9. The van der Waals surface area contributed by atoms with Crippen molar-refractivity contribution < 1.29 is 4.79 Å². The third-order valence-corrected chi connectivity index (χ3v) is 5.26. The number of benzene rings is 2. The fraction of sp³-hybridized carbons (Fsp3) is 0. The van der Waals surface area contributed by atoms with Gasteiger partial charge in [0, 0.05) is 0 Å². The summed E-state index contributed by atoms with van der Waals surface area (Å²) in [5, 5.41) is 8.72. The summed E-state index contributed by atoms with van der Waals surface area (Å²) >= 11 is -0.475. The molecule has 0 bridgehead atoms. The first-order valence-electron chi connectivity index (χ1n) is 5.27. The SMILES string of the molecule is N#Cc1ccc([Te]c2ccc(C(N)=O)cc2)cc1. The summed E-state index contributed by atoms with van der Waals surface area (Å²) in [5.74, 6) is -0.402. The predicted octanol–water partition coefficient (Wildman–Crippen LogP) is 0.312. The van der Waals surface area contributed by atoms with Crippen LogP contribution < -0.4 is 13.0 Å². The van der Waals surface area contributed by atoms with Gasteiger partial charge in [-0.05, 0) is 0 Å². The summed E-state index contributed by atoms with van der Waals surface area (Å²) in [6.07, 6.45) is 0. The third kappa shape index (κ3) is 3.11. The van der Waals surface area contributed by atoms with Crippen LogP contribution in [0.25, 0.3) is 0 Å². The molecule has 2 rings (SSSR count). The van der Waals surface area contributed by atoms with Gasteiger partial charge in [-0.3, -0.25) is 0 Å². The van der Waals surface area contributed by atoms with Crippen molar-refractivity contribution in [1.82, 2.24) is 0 Å². The Labute approximate surface area is 115 Å². The van der Waals surface area contributed by atoms with Crippen LogP contribution in [0.1, 0.15) is 15.9 Å². The Morgan fingerprint density at radius 3 is 1.94 bits per heavy atom. The number of carbonyl (C=O) groups is 1. The molecule has 2 aromatic rings. The molecule has 0 atom stereocenters. The molecular weight excluding hydrogens is 340 g/mol. The van der Waals surface area contributed by atoms with Crippen LogP contribution in [0.15, 0.2) is 48.5 Å². The van der Waals surface area contributed by atoms with Gasteiger partial charge in [0.05, 0.1) is 0 Å². The van der Waals surface area contributed by atoms with E-state index in [0.29, 0.717) is 11.1 Å². The molecule has 18 heavy (non-hydrogen) atoms. The second-order valence-electron chi connectivity index (χ2n) is 3.63. The second kappa shape index (κ2) is 5.69. The molecule has 0 heterocycles. The Morgan fingerprint density at radius 2 is 1.50 bits per heavy atom. The number of amides is 1. The number of carbonyl (C=O) groups excluding carboxylic acids is 1. The molecule has 3 nitrogen and oxygen atoms in total. The zero-order chi connectivity index (χ0) is 13.0. The molecule has 0 saturated carbocycles. The summed E-state index contributed by atoms with van der Waals surface area (Å²) in [6, 6.07) is 17.1. The molecule has 2 N–H and O–H groups in total. The Bertz CT molecular complexity index is 597. The summed E-state index contributed by atoms with van der Waals surface area (Å²) in [6.45, 7) is 0. The Hall–Kier alpha value is -1.81. The van der Waals surface area contributed by atoms with E-state index >= 15 is 0 Å². The first-order valence-corrected chi connectivity index (χ1v) is 7.60. The van der Waals surface area contributed by atoms with E-state index in [-0.39, 0.29) is 0 Å². The van der Waals surface area contributed by atoms with Crippen LogP contribution in [0.5, 0.6) is 0 Å². The average molecular weight is 350 g/mol. The molecule has 0 aliphatic rings. The van der Waals surface area contributed by atoms with E-state index in [9.17, 15) is 4.79 Å². The first-order chi connectivity index (χ1) is 8.69. The zero-order valence-electron chi connectivity index (χ0n) is 9.46. The van der Waals surface area contributed by atoms with Crippen molar-refractivity contribution in [1.29, 1.82) is 5.26 Å². The van der Waals surface area contributed by atoms with Gasteiger partial charge < -0.3 is 0 Å². The van der Waals surface area contributed by atoms with Gasteiger partial charge in [-0.15, -0.1) is 0 Å². The normalized spacial score (nSPS) is 9.72. The molecular formula is C14H10N2OTe. The zero-order valence-corrected chi connectivity index (χ0v) is 11.8. The van der Waals surface area contributed by atoms with Crippen molar-refractivity contribution in [2.75, 3.05) is 0 Å². The minimum atomic E-state index is -0.475. The first kappa shape index (κ1) is 12.6. The predicted molar refractivity (Wildman–Crippen MR) is 71.1 cm³/mol. The van der Waals surface area contributed by atoms with Gasteiger partial charge in [-0.1, -0.05) is 0 Å². The summed E-state index contributed by atoms with van der Waals surface area (Å²) in [5.41, 5.74) is 6.40. The number of nitrogens with zero attached hydrogens (tertiary/aromatic N) is 1. The summed E-state index contributed by atoms with van der Waals surface area (Å²) in [7, 11) is 0. The van der Waals surface area contributed by atoms with Crippen LogP contribution in [0.3, 0.4) is 0 Å². The molecule has 4 heteroatoms. The maximum absolute atomic E-state index is 10.9. The molecule has 88 valence electrons. The Kier molecular flexibility index (Phi) is 3.99. The van der Waals surface area contributed by atoms with Gasteiger partial charge in [-0.2, -0.15) is 0 Å². The van der Waals surface area contributed by atoms with Gasteiger partial charge >= 0.3 is 116 Å². The molecule has 0 aliphatic heterocycles. The molecule has 0 aliphatic carbocycles. The topological polar surface area (TPSA) is 66.9 Å². The van der Waals surface area contributed by atoms with E-state index in [0.717, 1.165) is 0 Å². The van der Waals surface area contributed by atoms with Crippen molar-refractivity contribution in [2.24, 2.45) is 5.73 Å². The minimum absolute atomic E-state index is 0.402. The van der Waals surface area contributed by atoms with E-state index in [4.69, 9.17) is 11.0 Å². The number of hydrogen-bond donors (Lipinski definition) is 1. The van der Waals surface area contributed by atoms with E-state index in [1.165, 1.54) is 7.22 Å². The fourth-order valence-corrected chi connectivity index (χ4v) is 3.75.